The van der Waals surface area contributed by atoms with Gasteiger partial charge in [0.2, 0.25) is 9.84 Å². The maximum atomic E-state index is 14.3. The Labute approximate surface area is 236 Å². The van der Waals surface area contributed by atoms with Gasteiger partial charge in [-0.15, -0.1) is 0 Å². The minimum absolute atomic E-state index is 0.0103. The summed E-state index contributed by atoms with van der Waals surface area (Å²) in [6.07, 6.45) is 1.33. The minimum atomic E-state index is -4.27. The SMILES string of the molecule is Cc1ccc(S(=O)(=O)c2c(NS(=O)(=O)c3ccc(Cl)cc3)n(C[C@@H]3CCCO3)c3nc4ccccc4nc23)cc1. The fourth-order valence-electron chi connectivity index (χ4n) is 4.83. The van der Waals surface area contributed by atoms with Crippen LogP contribution in [0.15, 0.2) is 87.5 Å². The van der Waals surface area contributed by atoms with Gasteiger partial charge in [0.15, 0.2) is 5.65 Å². The van der Waals surface area contributed by atoms with E-state index in [9.17, 15) is 16.8 Å². The van der Waals surface area contributed by atoms with Gasteiger partial charge in [0, 0.05) is 11.6 Å². The Morgan fingerprint density at radius 1 is 0.925 bits per heavy atom. The van der Waals surface area contributed by atoms with Gasteiger partial charge in [0.25, 0.3) is 10.0 Å². The number of anilines is 1. The van der Waals surface area contributed by atoms with Crippen LogP contribution in [0.5, 0.6) is 0 Å². The number of para-hydroxylation sites is 2. The number of hydrogen-bond donors (Lipinski definition) is 1. The molecule has 0 radical (unpaired) electrons. The summed E-state index contributed by atoms with van der Waals surface area (Å²) in [7, 11) is -8.51. The van der Waals surface area contributed by atoms with Gasteiger partial charge < -0.3 is 9.30 Å². The van der Waals surface area contributed by atoms with Crippen molar-refractivity contribution >= 4 is 59.5 Å². The first-order chi connectivity index (χ1) is 19.1. The number of aryl methyl sites for hydroxylation is 1. The molecular weight excluding hydrogens is 572 g/mol. The molecule has 206 valence electrons. The Morgan fingerprint density at radius 2 is 1.57 bits per heavy atom. The molecule has 1 atom stereocenters. The van der Waals surface area contributed by atoms with Gasteiger partial charge in [0.05, 0.1) is 33.5 Å². The van der Waals surface area contributed by atoms with Crippen molar-refractivity contribution in [2.24, 2.45) is 0 Å². The van der Waals surface area contributed by atoms with Crippen LogP contribution < -0.4 is 4.72 Å². The van der Waals surface area contributed by atoms with E-state index < -0.39 is 19.9 Å². The largest absolute Gasteiger partial charge is 0.376 e. The zero-order valence-corrected chi connectivity index (χ0v) is 23.8. The number of sulfone groups is 1. The van der Waals surface area contributed by atoms with Gasteiger partial charge in [-0.05, 0) is 68.3 Å². The van der Waals surface area contributed by atoms with Gasteiger partial charge in [-0.25, -0.2) is 26.8 Å². The molecular formula is C28H25ClN4O5S2. The minimum Gasteiger partial charge on any atom is -0.376 e. The van der Waals surface area contributed by atoms with Crippen molar-refractivity contribution in [3.63, 3.8) is 0 Å². The number of nitrogens with one attached hydrogen (secondary N) is 1. The zero-order valence-electron chi connectivity index (χ0n) is 21.4. The van der Waals surface area contributed by atoms with Crippen LogP contribution in [0.4, 0.5) is 5.82 Å². The van der Waals surface area contributed by atoms with E-state index in [4.69, 9.17) is 26.3 Å². The highest BCUT2D eigenvalue weighted by Crippen LogP contribution is 2.39. The third-order valence-electron chi connectivity index (χ3n) is 6.87. The monoisotopic (exact) mass is 596 g/mol. The fraction of sp³-hybridized carbons (Fsp3) is 0.214. The molecule has 3 heterocycles. The van der Waals surface area contributed by atoms with Crippen molar-refractivity contribution in [1.29, 1.82) is 0 Å². The molecule has 1 fully saturated rings. The number of sulfonamides is 1. The number of nitrogens with zero attached hydrogens (tertiary/aromatic N) is 3. The second kappa shape index (κ2) is 10.2. The molecule has 9 nitrogen and oxygen atoms in total. The molecule has 0 spiro atoms. The molecule has 40 heavy (non-hydrogen) atoms. The second-order valence-corrected chi connectivity index (χ2v) is 13.7. The van der Waals surface area contributed by atoms with E-state index in [0.717, 1.165) is 18.4 Å². The third-order valence-corrected chi connectivity index (χ3v) is 10.3. The van der Waals surface area contributed by atoms with Gasteiger partial charge in [-0.1, -0.05) is 41.4 Å². The third kappa shape index (κ3) is 4.83. The summed E-state index contributed by atoms with van der Waals surface area (Å²) >= 11 is 5.98. The Hall–Kier alpha value is -3.51. The van der Waals surface area contributed by atoms with Crippen molar-refractivity contribution in [3.05, 3.63) is 83.4 Å². The molecule has 1 saturated heterocycles. The van der Waals surface area contributed by atoms with E-state index in [1.165, 1.54) is 36.4 Å². The number of fused-ring (bicyclic) bond motifs is 2. The Bertz CT molecular complexity index is 1950. The first kappa shape index (κ1) is 26.7. The van der Waals surface area contributed by atoms with E-state index in [1.807, 2.05) is 13.0 Å². The molecule has 12 heteroatoms. The first-order valence-electron chi connectivity index (χ1n) is 12.6. The molecule has 1 aliphatic heterocycles. The van der Waals surface area contributed by atoms with Crippen LogP contribution in [0.3, 0.4) is 0 Å². The number of halogens is 1. The lowest BCUT2D eigenvalue weighted by Gasteiger charge is -2.17. The predicted octanol–water partition coefficient (Wildman–Crippen LogP) is 5.36. The molecule has 5 aromatic rings. The second-order valence-electron chi connectivity index (χ2n) is 9.68. The number of rotatable bonds is 7. The lowest BCUT2D eigenvalue weighted by atomic mass is 10.2. The number of hydrogen-bond acceptors (Lipinski definition) is 7. The van der Waals surface area contributed by atoms with Crippen molar-refractivity contribution < 1.29 is 21.6 Å². The van der Waals surface area contributed by atoms with Crippen molar-refractivity contribution in [3.8, 4) is 0 Å². The van der Waals surface area contributed by atoms with Crippen LogP contribution in [0.25, 0.3) is 22.2 Å². The van der Waals surface area contributed by atoms with Crippen LogP contribution in [0.1, 0.15) is 18.4 Å². The van der Waals surface area contributed by atoms with E-state index in [1.54, 1.807) is 34.9 Å². The van der Waals surface area contributed by atoms with E-state index in [0.29, 0.717) is 22.7 Å². The Balaban J connectivity index is 1.66. The van der Waals surface area contributed by atoms with Gasteiger partial charge in [0.1, 0.15) is 16.2 Å². The topological polar surface area (TPSA) is 120 Å². The average molecular weight is 597 g/mol. The number of benzene rings is 3. The quantitative estimate of drug-likeness (QED) is 0.268. The van der Waals surface area contributed by atoms with Crippen molar-refractivity contribution in [1.82, 2.24) is 14.5 Å². The van der Waals surface area contributed by atoms with Crippen molar-refractivity contribution in [2.75, 3.05) is 11.3 Å². The molecule has 0 bridgehead atoms. The number of ether oxygens (including phenoxy) is 1. The van der Waals surface area contributed by atoms with Gasteiger partial charge >= 0.3 is 0 Å². The average Bonchev–Trinajstić information content (AvgIpc) is 3.54. The highest BCUT2D eigenvalue weighted by Gasteiger charge is 2.35. The lowest BCUT2D eigenvalue weighted by Crippen LogP contribution is -2.21. The lowest BCUT2D eigenvalue weighted by molar-refractivity contribution is 0.0983. The van der Waals surface area contributed by atoms with E-state index >= 15 is 0 Å². The normalized spacial score (nSPS) is 16.1. The molecule has 0 aliphatic carbocycles. The molecule has 0 unspecified atom stereocenters. The molecule has 3 aromatic carbocycles. The first-order valence-corrected chi connectivity index (χ1v) is 16.0. The fourth-order valence-corrected chi connectivity index (χ4v) is 7.64. The zero-order chi connectivity index (χ0) is 28.1. The van der Waals surface area contributed by atoms with Crippen LogP contribution in [0, 0.1) is 6.92 Å². The smallest absolute Gasteiger partial charge is 0.263 e. The number of aromatic nitrogens is 3. The van der Waals surface area contributed by atoms with Crippen LogP contribution >= 0.6 is 11.6 Å². The summed E-state index contributed by atoms with van der Waals surface area (Å²) in [5, 5.41) is 0.370. The molecule has 1 aliphatic rings. The van der Waals surface area contributed by atoms with Gasteiger partial charge in [-0.2, -0.15) is 0 Å². The molecule has 1 N–H and O–H groups in total. The summed E-state index contributed by atoms with van der Waals surface area (Å²) in [6.45, 7) is 2.61. The summed E-state index contributed by atoms with van der Waals surface area (Å²) < 4.78 is 65.8. The van der Waals surface area contributed by atoms with E-state index in [2.05, 4.69) is 4.72 Å². The summed E-state index contributed by atoms with van der Waals surface area (Å²) in [6, 6.07) is 19.1. The maximum absolute atomic E-state index is 14.3. The summed E-state index contributed by atoms with van der Waals surface area (Å²) in [5.74, 6) is -0.142. The molecule has 6 rings (SSSR count). The molecule has 0 amide bonds. The molecule has 2 aromatic heterocycles. The van der Waals surface area contributed by atoms with Crippen molar-refractivity contribution in [2.45, 2.75) is 47.1 Å². The standard InChI is InChI=1S/C28H25ClN4O5S2/c1-18-8-12-21(13-9-18)39(34,35)26-25-27(31-24-7-3-2-6-23(24)30-25)33(17-20-5-4-16-38-20)28(26)32-40(36,37)22-14-10-19(29)11-15-22/h2-3,6-15,20,32H,4-5,16-17H2,1H3/t20-/m0/s1. The highest BCUT2D eigenvalue weighted by atomic mass is 35.5. The van der Waals surface area contributed by atoms with E-state index in [-0.39, 0.29) is 44.3 Å². The van der Waals surface area contributed by atoms with Gasteiger partial charge in [-0.3, -0.25) is 4.72 Å². The summed E-state index contributed by atoms with van der Waals surface area (Å²) in [4.78, 5) is 9.14. The maximum Gasteiger partial charge on any atom is 0.263 e. The Morgan fingerprint density at radius 3 is 2.23 bits per heavy atom. The van der Waals surface area contributed by atoms with Crippen LogP contribution in [0.2, 0.25) is 5.02 Å². The predicted molar refractivity (Wildman–Crippen MR) is 153 cm³/mol. The van der Waals surface area contributed by atoms with Crippen LogP contribution in [-0.4, -0.2) is 44.1 Å². The molecule has 0 saturated carbocycles. The Kier molecular flexibility index (Phi) is 6.78. The highest BCUT2D eigenvalue weighted by molar-refractivity contribution is 7.93. The summed E-state index contributed by atoms with van der Waals surface area (Å²) in [5.41, 5.74) is 2.23. The van der Waals surface area contributed by atoms with Crippen LogP contribution in [-0.2, 0) is 31.1 Å².